The minimum absolute atomic E-state index is 0.0742. The monoisotopic (exact) mass is 406 g/mol. The Morgan fingerprint density at radius 3 is 2.65 bits per heavy atom. The fourth-order valence-corrected chi connectivity index (χ4v) is 3.65. The van der Waals surface area contributed by atoms with E-state index in [-0.39, 0.29) is 5.91 Å². The average Bonchev–Trinajstić information content (AvgIpc) is 2.91. The van der Waals surface area contributed by atoms with Crippen LogP contribution in [0.5, 0.6) is 5.75 Å². The maximum Gasteiger partial charge on any atom is 0.266 e. The minimum atomic E-state index is -0.0742. The largest absolute Gasteiger partial charge is 0.488 e. The van der Waals surface area contributed by atoms with Crippen molar-refractivity contribution in [3.8, 4) is 5.75 Å². The smallest absolute Gasteiger partial charge is 0.266 e. The summed E-state index contributed by atoms with van der Waals surface area (Å²) in [5, 5.41) is 1.68. The fourth-order valence-electron chi connectivity index (χ4n) is 2.41. The van der Waals surface area contributed by atoms with E-state index < -0.39 is 0 Å². The minimum Gasteiger partial charge on any atom is -0.488 e. The Bertz CT molecular complexity index is 912. The molecule has 1 heterocycles. The molecule has 0 atom stereocenters. The highest BCUT2D eigenvalue weighted by atomic mass is 35.5. The quantitative estimate of drug-likeness (QED) is 0.662. The van der Waals surface area contributed by atoms with E-state index in [2.05, 4.69) is 4.99 Å². The van der Waals surface area contributed by atoms with Crippen molar-refractivity contribution in [2.45, 2.75) is 6.61 Å². The number of hydrogen-bond acceptors (Lipinski definition) is 4. The second-order valence-corrected chi connectivity index (χ2v) is 7.38. The van der Waals surface area contributed by atoms with Gasteiger partial charge in [0.2, 0.25) is 0 Å². The molecule has 2 aromatic rings. The van der Waals surface area contributed by atoms with Crippen LogP contribution in [-0.4, -0.2) is 30.1 Å². The van der Waals surface area contributed by atoms with Crippen LogP contribution in [0.2, 0.25) is 10.0 Å². The molecular formula is C19H16Cl2N2O2S. The summed E-state index contributed by atoms with van der Waals surface area (Å²) in [6, 6.07) is 13.0. The lowest BCUT2D eigenvalue weighted by molar-refractivity contribution is -0.121. The maximum absolute atomic E-state index is 12.3. The molecule has 1 amide bonds. The molecule has 0 N–H and O–H groups in total. The predicted octanol–water partition coefficient (Wildman–Crippen LogP) is 5.10. The van der Waals surface area contributed by atoms with E-state index in [4.69, 9.17) is 27.9 Å². The van der Waals surface area contributed by atoms with E-state index in [0.717, 1.165) is 11.1 Å². The van der Waals surface area contributed by atoms with Gasteiger partial charge in [-0.2, -0.15) is 0 Å². The third-order valence-corrected chi connectivity index (χ3v) is 5.67. The van der Waals surface area contributed by atoms with Gasteiger partial charge >= 0.3 is 0 Å². The number of rotatable bonds is 4. The lowest BCUT2D eigenvalue weighted by Gasteiger charge is -2.10. The number of amides is 1. The van der Waals surface area contributed by atoms with Crippen LogP contribution in [0.25, 0.3) is 6.08 Å². The van der Waals surface area contributed by atoms with Crippen LogP contribution >= 0.6 is 35.0 Å². The van der Waals surface area contributed by atoms with Crippen LogP contribution in [0.3, 0.4) is 0 Å². The molecule has 1 aliphatic heterocycles. The van der Waals surface area contributed by atoms with Crippen molar-refractivity contribution in [2.75, 3.05) is 14.1 Å². The number of likely N-dealkylation sites (N-methyl/N-ethyl adjacent to an activating group) is 1. The van der Waals surface area contributed by atoms with E-state index in [0.29, 0.717) is 32.5 Å². The summed E-state index contributed by atoms with van der Waals surface area (Å²) in [4.78, 5) is 18.6. The van der Waals surface area contributed by atoms with E-state index in [9.17, 15) is 4.79 Å². The molecule has 4 nitrogen and oxygen atoms in total. The van der Waals surface area contributed by atoms with E-state index >= 15 is 0 Å². The van der Waals surface area contributed by atoms with Gasteiger partial charge in [0.25, 0.3) is 5.91 Å². The Morgan fingerprint density at radius 1 is 1.19 bits per heavy atom. The van der Waals surface area contributed by atoms with Crippen LogP contribution in [0.1, 0.15) is 11.1 Å². The second-order valence-electron chi connectivity index (χ2n) is 5.56. The number of para-hydroxylation sites is 1. The molecular weight excluding hydrogens is 391 g/mol. The van der Waals surface area contributed by atoms with Gasteiger partial charge in [-0.05, 0) is 41.6 Å². The number of hydrogen-bond donors (Lipinski definition) is 0. The zero-order chi connectivity index (χ0) is 18.7. The van der Waals surface area contributed by atoms with Gasteiger partial charge in [-0.1, -0.05) is 47.5 Å². The van der Waals surface area contributed by atoms with E-state index in [1.54, 1.807) is 26.2 Å². The van der Waals surface area contributed by atoms with Gasteiger partial charge in [-0.15, -0.1) is 0 Å². The molecule has 1 saturated heterocycles. The van der Waals surface area contributed by atoms with Gasteiger partial charge in [-0.3, -0.25) is 14.7 Å². The van der Waals surface area contributed by atoms with E-state index in [1.807, 2.05) is 36.4 Å². The Morgan fingerprint density at radius 2 is 1.96 bits per heavy atom. The van der Waals surface area contributed by atoms with Gasteiger partial charge in [0.1, 0.15) is 12.4 Å². The Balaban J connectivity index is 1.81. The molecule has 7 heteroatoms. The zero-order valence-corrected chi connectivity index (χ0v) is 16.5. The maximum atomic E-state index is 12.3. The van der Waals surface area contributed by atoms with Crippen LogP contribution in [0, 0.1) is 0 Å². The van der Waals surface area contributed by atoms with Gasteiger partial charge < -0.3 is 4.74 Å². The van der Waals surface area contributed by atoms with Crippen LogP contribution in [0.4, 0.5) is 0 Å². The second kappa shape index (κ2) is 8.16. The standard InChI is InChI=1S/C19H16Cl2N2O2S/c1-22-19-23(2)18(24)17(26-19)10-13-5-3-4-6-16(13)25-11-12-7-8-14(20)15(21)9-12/h3-10H,11H2,1-2H3/b17-10-,22-19?. The van der Waals surface area contributed by atoms with Crippen molar-refractivity contribution in [1.29, 1.82) is 0 Å². The molecule has 0 bridgehead atoms. The summed E-state index contributed by atoms with van der Waals surface area (Å²) in [6.45, 7) is 0.347. The van der Waals surface area contributed by atoms with Crippen molar-refractivity contribution in [3.05, 3.63) is 68.5 Å². The molecule has 134 valence electrons. The SMILES string of the molecule is CN=C1S/C(=C\c2ccccc2OCc2ccc(Cl)c(Cl)c2)C(=O)N1C. The van der Waals surface area contributed by atoms with Crippen molar-refractivity contribution in [1.82, 2.24) is 4.90 Å². The molecule has 0 unspecified atom stereocenters. The highest BCUT2D eigenvalue weighted by Gasteiger charge is 2.29. The number of halogens is 2. The van der Waals surface area contributed by atoms with Gasteiger partial charge in [-0.25, -0.2) is 0 Å². The molecule has 0 spiro atoms. The normalized spacial score (nSPS) is 17.4. The number of aliphatic imine (C=N–C) groups is 1. The average molecular weight is 407 g/mol. The summed E-state index contributed by atoms with van der Waals surface area (Å²) in [6.07, 6.45) is 1.83. The van der Waals surface area contributed by atoms with Gasteiger partial charge in [0.05, 0.1) is 15.0 Å². The number of amidine groups is 1. The topological polar surface area (TPSA) is 41.9 Å². The van der Waals surface area contributed by atoms with E-state index in [1.165, 1.54) is 16.7 Å². The number of thioether (sulfide) groups is 1. The van der Waals surface area contributed by atoms with Crippen molar-refractivity contribution < 1.29 is 9.53 Å². The first-order chi connectivity index (χ1) is 12.5. The highest BCUT2D eigenvalue weighted by Crippen LogP contribution is 2.33. The first kappa shape index (κ1) is 18.8. The molecule has 2 aromatic carbocycles. The number of carbonyl (C=O) groups is 1. The molecule has 1 aliphatic rings. The van der Waals surface area contributed by atoms with Crippen LogP contribution < -0.4 is 4.74 Å². The van der Waals surface area contributed by atoms with Crippen molar-refractivity contribution in [3.63, 3.8) is 0 Å². The number of ether oxygens (including phenoxy) is 1. The Kier molecular flexibility index (Phi) is 5.91. The molecule has 0 aliphatic carbocycles. The summed E-state index contributed by atoms with van der Waals surface area (Å²) in [5.41, 5.74) is 1.74. The molecule has 3 rings (SSSR count). The third kappa shape index (κ3) is 4.06. The first-order valence-corrected chi connectivity index (χ1v) is 9.37. The predicted molar refractivity (Wildman–Crippen MR) is 109 cm³/mol. The van der Waals surface area contributed by atoms with Crippen molar-refractivity contribution in [2.24, 2.45) is 4.99 Å². The Hall–Kier alpha value is -1.95. The third-order valence-electron chi connectivity index (χ3n) is 3.78. The summed E-state index contributed by atoms with van der Waals surface area (Å²) < 4.78 is 5.93. The summed E-state index contributed by atoms with van der Waals surface area (Å²) in [5.74, 6) is 0.610. The number of benzene rings is 2. The molecule has 0 radical (unpaired) electrons. The van der Waals surface area contributed by atoms with Gasteiger partial charge in [0.15, 0.2) is 5.17 Å². The van der Waals surface area contributed by atoms with Crippen molar-refractivity contribution >= 4 is 52.1 Å². The summed E-state index contributed by atoms with van der Waals surface area (Å²) >= 11 is 13.3. The molecule has 1 fully saturated rings. The lowest BCUT2D eigenvalue weighted by atomic mass is 10.1. The van der Waals surface area contributed by atoms with Crippen LogP contribution in [-0.2, 0) is 11.4 Å². The van der Waals surface area contributed by atoms with Gasteiger partial charge in [0, 0.05) is 19.7 Å². The fraction of sp³-hybridized carbons (Fsp3) is 0.158. The molecule has 0 aromatic heterocycles. The summed E-state index contributed by atoms with van der Waals surface area (Å²) in [7, 11) is 3.38. The zero-order valence-electron chi connectivity index (χ0n) is 14.2. The van der Waals surface area contributed by atoms with Crippen LogP contribution in [0.15, 0.2) is 52.4 Å². The Labute approximate surface area is 166 Å². The molecule has 26 heavy (non-hydrogen) atoms. The number of carbonyl (C=O) groups excluding carboxylic acids is 1. The number of nitrogens with zero attached hydrogens (tertiary/aromatic N) is 2. The highest BCUT2D eigenvalue weighted by molar-refractivity contribution is 8.18. The molecule has 0 saturated carbocycles. The lowest BCUT2D eigenvalue weighted by Crippen LogP contribution is -2.23. The first-order valence-electron chi connectivity index (χ1n) is 7.79.